The number of anilines is 1. The first-order chi connectivity index (χ1) is 7.61. The number of nitrogens with one attached hydrogen (secondary N) is 1. The fourth-order valence-electron chi connectivity index (χ4n) is 1.50. The van der Waals surface area contributed by atoms with E-state index in [0.717, 1.165) is 0 Å². The van der Waals surface area contributed by atoms with Crippen LogP contribution in [0.2, 0.25) is 0 Å². The summed E-state index contributed by atoms with van der Waals surface area (Å²) >= 11 is 0. The third kappa shape index (κ3) is 2.33. The molecule has 2 rings (SSSR count). The highest BCUT2D eigenvalue weighted by Gasteiger charge is 2.22. The second-order valence-corrected chi connectivity index (χ2v) is 5.39. The molecule has 16 heavy (non-hydrogen) atoms. The van der Waals surface area contributed by atoms with Gasteiger partial charge in [0.05, 0.1) is 18.9 Å². The van der Waals surface area contributed by atoms with Crippen LogP contribution in [0.1, 0.15) is 0 Å². The van der Waals surface area contributed by atoms with E-state index in [-0.39, 0.29) is 11.8 Å². The zero-order valence-electron chi connectivity index (χ0n) is 8.75. The molecule has 0 radical (unpaired) electrons. The highest BCUT2D eigenvalue weighted by molar-refractivity contribution is 7.94. The van der Waals surface area contributed by atoms with Gasteiger partial charge in [-0.15, -0.1) is 0 Å². The molecule has 0 aromatic carbocycles. The molecule has 0 fully saturated rings. The topological polar surface area (TPSA) is 68.3 Å². The van der Waals surface area contributed by atoms with E-state index in [2.05, 4.69) is 10.3 Å². The number of rotatable bonds is 3. The van der Waals surface area contributed by atoms with E-state index in [0.29, 0.717) is 11.6 Å². The largest absolute Gasteiger partial charge is 0.493 e. The quantitative estimate of drug-likeness (QED) is 0.847. The minimum Gasteiger partial charge on any atom is -0.493 e. The van der Waals surface area contributed by atoms with Crippen LogP contribution >= 0.6 is 0 Å². The molecule has 0 saturated carbocycles. The van der Waals surface area contributed by atoms with E-state index in [1.54, 1.807) is 31.5 Å². The Bertz CT molecular complexity index is 511. The Balaban J connectivity index is 2.14. The molecule has 0 aliphatic carbocycles. The molecule has 5 nitrogen and oxygen atoms in total. The van der Waals surface area contributed by atoms with Crippen LogP contribution in [0.5, 0.6) is 5.75 Å². The maximum absolute atomic E-state index is 11.2. The lowest BCUT2D eigenvalue weighted by Gasteiger charge is -2.13. The van der Waals surface area contributed by atoms with Crippen molar-refractivity contribution in [3.63, 3.8) is 0 Å². The van der Waals surface area contributed by atoms with Crippen molar-refractivity contribution in [3.8, 4) is 5.75 Å². The summed E-state index contributed by atoms with van der Waals surface area (Å²) < 4.78 is 27.5. The zero-order chi connectivity index (χ0) is 11.6. The van der Waals surface area contributed by atoms with Crippen LogP contribution in [-0.2, 0) is 9.84 Å². The molecule has 1 N–H and O–H groups in total. The molecule has 1 aliphatic rings. The summed E-state index contributed by atoms with van der Waals surface area (Å²) in [5.41, 5.74) is 0. The van der Waals surface area contributed by atoms with Crippen molar-refractivity contribution in [2.45, 2.75) is 6.04 Å². The van der Waals surface area contributed by atoms with E-state index in [9.17, 15) is 8.42 Å². The Morgan fingerprint density at radius 1 is 1.56 bits per heavy atom. The lowest BCUT2D eigenvalue weighted by Crippen LogP contribution is -2.21. The summed E-state index contributed by atoms with van der Waals surface area (Å²) in [6, 6.07) is 3.28. The molecular formula is C10H12N2O3S. The Hall–Kier alpha value is -1.56. The van der Waals surface area contributed by atoms with Crippen LogP contribution in [0, 0.1) is 0 Å². The fourth-order valence-corrected chi connectivity index (χ4v) is 2.74. The summed E-state index contributed by atoms with van der Waals surface area (Å²) in [5, 5.41) is 4.24. The van der Waals surface area contributed by atoms with Gasteiger partial charge in [-0.25, -0.2) is 13.4 Å². The summed E-state index contributed by atoms with van der Waals surface area (Å²) in [6.07, 6.45) is 3.24. The van der Waals surface area contributed by atoms with Crippen molar-refractivity contribution in [2.75, 3.05) is 18.2 Å². The average molecular weight is 240 g/mol. The number of hydrogen-bond acceptors (Lipinski definition) is 5. The third-order valence-corrected chi connectivity index (χ3v) is 3.64. The normalized spacial score (nSPS) is 21.9. The van der Waals surface area contributed by atoms with Gasteiger partial charge >= 0.3 is 0 Å². The second-order valence-electron chi connectivity index (χ2n) is 3.46. The SMILES string of the molecule is COc1cccnc1NC1C=CS(=O)(=O)C1. The highest BCUT2D eigenvalue weighted by atomic mass is 32.2. The van der Waals surface area contributed by atoms with Crippen molar-refractivity contribution in [1.29, 1.82) is 0 Å². The van der Waals surface area contributed by atoms with E-state index < -0.39 is 9.84 Å². The van der Waals surface area contributed by atoms with Gasteiger partial charge in [-0.3, -0.25) is 0 Å². The van der Waals surface area contributed by atoms with E-state index in [1.165, 1.54) is 5.41 Å². The summed E-state index contributed by atoms with van der Waals surface area (Å²) in [4.78, 5) is 4.10. The molecule has 86 valence electrons. The van der Waals surface area contributed by atoms with Crippen molar-refractivity contribution in [1.82, 2.24) is 4.98 Å². The van der Waals surface area contributed by atoms with Gasteiger partial charge in [-0.2, -0.15) is 0 Å². The van der Waals surface area contributed by atoms with Gasteiger partial charge in [0, 0.05) is 11.6 Å². The second kappa shape index (κ2) is 4.13. The van der Waals surface area contributed by atoms with Gasteiger partial charge < -0.3 is 10.1 Å². The molecule has 1 unspecified atom stereocenters. The van der Waals surface area contributed by atoms with Crippen LogP contribution in [0.25, 0.3) is 0 Å². The Morgan fingerprint density at radius 3 is 3.00 bits per heavy atom. The molecule has 0 saturated heterocycles. The molecule has 0 bridgehead atoms. The minimum atomic E-state index is -3.05. The van der Waals surface area contributed by atoms with Gasteiger partial charge in [0.25, 0.3) is 0 Å². The number of hydrogen-bond donors (Lipinski definition) is 1. The Labute approximate surface area is 94.1 Å². The average Bonchev–Trinajstić information content (AvgIpc) is 2.59. The lowest BCUT2D eigenvalue weighted by molar-refractivity contribution is 0.414. The molecule has 1 aliphatic heterocycles. The number of nitrogens with zero attached hydrogens (tertiary/aromatic N) is 1. The molecule has 1 aromatic rings. The molecule has 1 atom stereocenters. The van der Waals surface area contributed by atoms with Crippen molar-refractivity contribution in [2.24, 2.45) is 0 Å². The number of pyridine rings is 1. The van der Waals surface area contributed by atoms with Crippen molar-refractivity contribution >= 4 is 15.7 Å². The predicted molar refractivity (Wildman–Crippen MR) is 61.1 cm³/mol. The Morgan fingerprint density at radius 2 is 2.38 bits per heavy atom. The van der Waals surface area contributed by atoms with Gasteiger partial charge in [0.2, 0.25) is 0 Å². The maximum atomic E-state index is 11.2. The number of ether oxygens (including phenoxy) is 1. The van der Waals surface area contributed by atoms with Crippen molar-refractivity contribution < 1.29 is 13.2 Å². The Kier molecular flexibility index (Phi) is 2.82. The number of sulfone groups is 1. The molecule has 1 aromatic heterocycles. The number of methoxy groups -OCH3 is 1. The lowest BCUT2D eigenvalue weighted by atomic mass is 10.3. The van der Waals surface area contributed by atoms with Crippen LogP contribution in [-0.4, -0.2) is 32.3 Å². The molecule has 2 heterocycles. The molecule has 0 amide bonds. The predicted octanol–water partition coefficient (Wildman–Crippen LogP) is 0.813. The standard InChI is InChI=1S/C10H12N2O3S/c1-15-9-3-2-5-11-10(9)12-8-4-6-16(13,14)7-8/h2-6,8H,7H2,1H3,(H,11,12). The first-order valence-electron chi connectivity index (χ1n) is 4.77. The van der Waals surface area contributed by atoms with Gasteiger partial charge in [0.15, 0.2) is 21.4 Å². The van der Waals surface area contributed by atoms with E-state index >= 15 is 0 Å². The van der Waals surface area contributed by atoms with Crippen LogP contribution in [0.4, 0.5) is 5.82 Å². The summed E-state index contributed by atoms with van der Waals surface area (Å²) in [6.45, 7) is 0. The monoisotopic (exact) mass is 240 g/mol. The smallest absolute Gasteiger partial charge is 0.173 e. The first kappa shape index (κ1) is 10.9. The highest BCUT2D eigenvalue weighted by Crippen LogP contribution is 2.22. The molecule has 0 spiro atoms. The van der Waals surface area contributed by atoms with Crippen molar-refractivity contribution in [3.05, 3.63) is 29.8 Å². The zero-order valence-corrected chi connectivity index (χ0v) is 9.57. The first-order valence-corrected chi connectivity index (χ1v) is 6.49. The van der Waals surface area contributed by atoms with E-state index in [4.69, 9.17) is 4.74 Å². The molecular weight excluding hydrogens is 228 g/mol. The van der Waals surface area contributed by atoms with E-state index in [1.807, 2.05) is 0 Å². The fraction of sp³-hybridized carbons (Fsp3) is 0.300. The summed E-state index contributed by atoms with van der Waals surface area (Å²) in [5.74, 6) is 1.21. The third-order valence-electron chi connectivity index (χ3n) is 2.24. The molecule has 6 heteroatoms. The minimum absolute atomic E-state index is 0.0622. The van der Waals surface area contributed by atoms with Gasteiger partial charge in [-0.1, -0.05) is 0 Å². The summed E-state index contributed by atoms with van der Waals surface area (Å²) in [7, 11) is -1.50. The van der Waals surface area contributed by atoms with Crippen LogP contribution < -0.4 is 10.1 Å². The van der Waals surface area contributed by atoms with Crippen LogP contribution in [0.15, 0.2) is 29.8 Å². The van der Waals surface area contributed by atoms with Gasteiger partial charge in [-0.05, 0) is 18.2 Å². The van der Waals surface area contributed by atoms with Gasteiger partial charge in [0.1, 0.15) is 0 Å². The maximum Gasteiger partial charge on any atom is 0.173 e. The number of aromatic nitrogens is 1. The van der Waals surface area contributed by atoms with Crippen LogP contribution in [0.3, 0.4) is 0 Å².